The van der Waals surface area contributed by atoms with Gasteiger partial charge in [-0.3, -0.25) is 0 Å². The van der Waals surface area contributed by atoms with Gasteiger partial charge in [0.25, 0.3) is 0 Å². The molecule has 0 radical (unpaired) electrons. The number of likely N-dealkylation sites (N-methyl/N-ethyl adjacent to an activating group) is 1. The zero-order chi connectivity index (χ0) is 10.1. The van der Waals surface area contributed by atoms with Gasteiger partial charge in [-0.2, -0.15) is 5.26 Å². The standard InChI is InChI=1S/C9H18N2O2/c1-8(2)13-5-4-12-7-9(6-10)11-3/h8-9,11H,4-5,7H2,1-3H3. The molecule has 0 aliphatic heterocycles. The summed E-state index contributed by atoms with van der Waals surface area (Å²) in [5, 5.41) is 11.4. The molecule has 0 aliphatic carbocycles. The molecule has 0 aliphatic rings. The van der Waals surface area contributed by atoms with Crippen LogP contribution in [-0.4, -0.2) is 39.0 Å². The molecule has 0 saturated heterocycles. The third-order valence-corrected chi connectivity index (χ3v) is 1.47. The number of rotatable bonds is 7. The van der Waals surface area contributed by atoms with Crippen molar-refractivity contribution in [3.63, 3.8) is 0 Å². The van der Waals surface area contributed by atoms with E-state index in [4.69, 9.17) is 14.7 Å². The maximum atomic E-state index is 8.55. The summed E-state index contributed by atoms with van der Waals surface area (Å²) in [7, 11) is 1.74. The third kappa shape index (κ3) is 7.72. The Bertz CT molecular complexity index is 154. The van der Waals surface area contributed by atoms with E-state index < -0.39 is 0 Å². The van der Waals surface area contributed by atoms with Crippen LogP contribution >= 0.6 is 0 Å². The monoisotopic (exact) mass is 186 g/mol. The van der Waals surface area contributed by atoms with Gasteiger partial charge in [0, 0.05) is 0 Å². The van der Waals surface area contributed by atoms with E-state index in [0.717, 1.165) is 0 Å². The number of nitrogens with one attached hydrogen (secondary N) is 1. The number of ether oxygens (including phenoxy) is 2. The van der Waals surface area contributed by atoms with Crippen molar-refractivity contribution in [3.05, 3.63) is 0 Å². The van der Waals surface area contributed by atoms with Gasteiger partial charge in [-0.05, 0) is 20.9 Å². The second-order valence-electron chi connectivity index (χ2n) is 2.96. The zero-order valence-electron chi connectivity index (χ0n) is 8.54. The van der Waals surface area contributed by atoms with E-state index >= 15 is 0 Å². The van der Waals surface area contributed by atoms with Crippen molar-refractivity contribution in [2.24, 2.45) is 0 Å². The number of nitrogens with zero attached hydrogens (tertiary/aromatic N) is 1. The quantitative estimate of drug-likeness (QED) is 0.590. The van der Waals surface area contributed by atoms with E-state index in [9.17, 15) is 0 Å². The fourth-order valence-electron chi connectivity index (χ4n) is 0.729. The van der Waals surface area contributed by atoms with Crippen molar-refractivity contribution in [1.29, 1.82) is 5.26 Å². The summed E-state index contributed by atoms with van der Waals surface area (Å²) in [6.07, 6.45) is 0.236. The van der Waals surface area contributed by atoms with Crippen LogP contribution in [0.2, 0.25) is 0 Å². The lowest BCUT2D eigenvalue weighted by atomic mass is 10.4. The molecule has 0 bridgehead atoms. The summed E-state index contributed by atoms with van der Waals surface area (Å²) >= 11 is 0. The summed E-state index contributed by atoms with van der Waals surface area (Å²) in [6.45, 7) is 5.49. The molecular weight excluding hydrogens is 168 g/mol. The Kier molecular flexibility index (Phi) is 7.60. The predicted molar refractivity (Wildman–Crippen MR) is 50.4 cm³/mol. The maximum absolute atomic E-state index is 8.55. The van der Waals surface area contributed by atoms with Crippen molar-refractivity contribution < 1.29 is 9.47 Å². The average molecular weight is 186 g/mol. The van der Waals surface area contributed by atoms with Crippen molar-refractivity contribution in [3.8, 4) is 6.07 Å². The van der Waals surface area contributed by atoms with Gasteiger partial charge in [0.05, 0.1) is 32.0 Å². The molecule has 0 rings (SSSR count). The first kappa shape index (κ1) is 12.4. The van der Waals surface area contributed by atoms with Crippen LogP contribution in [0.25, 0.3) is 0 Å². The molecule has 13 heavy (non-hydrogen) atoms. The highest BCUT2D eigenvalue weighted by Crippen LogP contribution is 1.88. The smallest absolute Gasteiger partial charge is 0.119 e. The summed E-state index contributed by atoms with van der Waals surface area (Å²) in [5.41, 5.74) is 0. The topological polar surface area (TPSA) is 54.3 Å². The van der Waals surface area contributed by atoms with Gasteiger partial charge in [0.15, 0.2) is 0 Å². The first-order valence-electron chi connectivity index (χ1n) is 4.47. The van der Waals surface area contributed by atoms with E-state index in [1.807, 2.05) is 13.8 Å². The minimum absolute atomic E-state index is 0.223. The van der Waals surface area contributed by atoms with E-state index in [2.05, 4.69) is 11.4 Å². The van der Waals surface area contributed by atoms with Crippen molar-refractivity contribution in [1.82, 2.24) is 5.32 Å². The predicted octanol–water partition coefficient (Wildman–Crippen LogP) is 0.540. The summed E-state index contributed by atoms with van der Waals surface area (Å²) in [4.78, 5) is 0. The molecule has 0 aromatic heterocycles. The molecule has 0 fully saturated rings. The number of hydrogen-bond acceptors (Lipinski definition) is 4. The molecule has 1 atom stereocenters. The van der Waals surface area contributed by atoms with Gasteiger partial charge >= 0.3 is 0 Å². The number of hydrogen-bond donors (Lipinski definition) is 1. The van der Waals surface area contributed by atoms with Gasteiger partial charge in [0.1, 0.15) is 6.04 Å². The first-order chi connectivity index (χ1) is 6.20. The molecule has 1 unspecified atom stereocenters. The molecule has 0 spiro atoms. The largest absolute Gasteiger partial charge is 0.376 e. The first-order valence-corrected chi connectivity index (χ1v) is 4.47. The Hall–Kier alpha value is -0.630. The van der Waals surface area contributed by atoms with Crippen molar-refractivity contribution in [2.75, 3.05) is 26.9 Å². The average Bonchev–Trinajstić information content (AvgIpc) is 2.11. The zero-order valence-corrected chi connectivity index (χ0v) is 8.54. The minimum Gasteiger partial charge on any atom is -0.376 e. The van der Waals surface area contributed by atoms with E-state index in [1.165, 1.54) is 0 Å². The van der Waals surface area contributed by atoms with E-state index in [-0.39, 0.29) is 12.1 Å². The van der Waals surface area contributed by atoms with Crippen LogP contribution in [0.5, 0.6) is 0 Å². The lowest BCUT2D eigenvalue weighted by Gasteiger charge is -2.10. The van der Waals surface area contributed by atoms with E-state index in [0.29, 0.717) is 19.8 Å². The normalized spacial score (nSPS) is 12.8. The second-order valence-corrected chi connectivity index (χ2v) is 2.96. The summed E-state index contributed by atoms with van der Waals surface area (Å²) < 4.78 is 10.5. The Morgan fingerprint density at radius 2 is 2.08 bits per heavy atom. The molecular formula is C9H18N2O2. The number of nitriles is 1. The highest BCUT2D eigenvalue weighted by molar-refractivity contribution is 4.88. The van der Waals surface area contributed by atoms with Crippen LogP contribution in [0.3, 0.4) is 0 Å². The van der Waals surface area contributed by atoms with Gasteiger partial charge in [-0.15, -0.1) is 0 Å². The van der Waals surface area contributed by atoms with Gasteiger partial charge in [0.2, 0.25) is 0 Å². The van der Waals surface area contributed by atoms with Gasteiger partial charge in [-0.25, -0.2) is 0 Å². The molecule has 0 saturated carbocycles. The molecule has 4 nitrogen and oxygen atoms in total. The third-order valence-electron chi connectivity index (χ3n) is 1.47. The Balaban J connectivity index is 3.21. The maximum Gasteiger partial charge on any atom is 0.119 e. The lowest BCUT2D eigenvalue weighted by molar-refractivity contribution is 0.0174. The minimum atomic E-state index is -0.223. The van der Waals surface area contributed by atoms with Crippen LogP contribution in [0, 0.1) is 11.3 Å². The Morgan fingerprint density at radius 3 is 2.54 bits per heavy atom. The molecule has 0 aromatic carbocycles. The van der Waals surface area contributed by atoms with Crippen LogP contribution < -0.4 is 5.32 Å². The van der Waals surface area contributed by atoms with Crippen molar-refractivity contribution in [2.45, 2.75) is 26.0 Å². The van der Waals surface area contributed by atoms with Crippen LogP contribution in [0.4, 0.5) is 0 Å². The molecule has 0 heterocycles. The highest BCUT2D eigenvalue weighted by Gasteiger charge is 2.02. The van der Waals surface area contributed by atoms with Crippen LogP contribution in [-0.2, 0) is 9.47 Å². The summed E-state index contributed by atoms with van der Waals surface area (Å²) in [6, 6.07) is 1.85. The van der Waals surface area contributed by atoms with Gasteiger partial charge < -0.3 is 14.8 Å². The summed E-state index contributed by atoms with van der Waals surface area (Å²) in [5.74, 6) is 0. The van der Waals surface area contributed by atoms with Crippen LogP contribution in [0.15, 0.2) is 0 Å². The molecule has 0 aromatic rings. The fraction of sp³-hybridized carbons (Fsp3) is 0.889. The van der Waals surface area contributed by atoms with Crippen LogP contribution in [0.1, 0.15) is 13.8 Å². The molecule has 76 valence electrons. The molecule has 1 N–H and O–H groups in total. The van der Waals surface area contributed by atoms with E-state index in [1.54, 1.807) is 7.05 Å². The molecule has 4 heteroatoms. The van der Waals surface area contributed by atoms with Gasteiger partial charge in [-0.1, -0.05) is 0 Å². The molecule has 0 amide bonds. The lowest BCUT2D eigenvalue weighted by Crippen LogP contribution is -2.29. The van der Waals surface area contributed by atoms with Crippen molar-refractivity contribution >= 4 is 0 Å². The second kappa shape index (κ2) is 7.99. The Morgan fingerprint density at radius 1 is 1.38 bits per heavy atom. The highest BCUT2D eigenvalue weighted by atomic mass is 16.5. The fourth-order valence-corrected chi connectivity index (χ4v) is 0.729. The Labute approximate surface area is 79.8 Å². The SMILES string of the molecule is CNC(C#N)COCCOC(C)C.